The molecule has 0 bridgehead atoms. The van der Waals surface area contributed by atoms with E-state index in [2.05, 4.69) is 27.7 Å². The fraction of sp³-hybridized carbons (Fsp3) is 0.667. The van der Waals surface area contributed by atoms with Gasteiger partial charge >= 0.3 is 0 Å². The normalized spacial score (nSPS) is 27.0. The van der Waals surface area contributed by atoms with Gasteiger partial charge in [0.25, 0.3) is 0 Å². The van der Waals surface area contributed by atoms with Crippen molar-refractivity contribution in [2.24, 2.45) is 0 Å². The third-order valence-electron chi connectivity index (χ3n) is 4.13. The van der Waals surface area contributed by atoms with Gasteiger partial charge in [-0.2, -0.15) is 0 Å². The standard InChI is InChI=1S/C15H22N2O2S/c18-15(16-10-12-4-2-8-19-12)11-17-7-1-5-13(17)14-6-3-9-20-14/h3,6,9,12-13H,1-2,4-5,7-8,10-11H2,(H,16,18)/t12-,13+/m0/s1. The minimum Gasteiger partial charge on any atom is -0.376 e. The second-order valence-electron chi connectivity index (χ2n) is 5.58. The Kier molecular flexibility index (Phi) is 4.70. The number of likely N-dealkylation sites (tertiary alicyclic amines) is 1. The predicted octanol–water partition coefficient (Wildman–Crippen LogP) is 2.18. The first-order valence-corrected chi connectivity index (χ1v) is 8.36. The summed E-state index contributed by atoms with van der Waals surface area (Å²) in [5.41, 5.74) is 0. The molecule has 0 aliphatic carbocycles. The van der Waals surface area contributed by atoms with Crippen molar-refractivity contribution in [3.05, 3.63) is 22.4 Å². The number of ether oxygens (including phenoxy) is 1. The number of carbonyl (C=O) groups is 1. The van der Waals surface area contributed by atoms with Crippen LogP contribution in [0.1, 0.15) is 36.6 Å². The van der Waals surface area contributed by atoms with Crippen LogP contribution in [-0.2, 0) is 9.53 Å². The van der Waals surface area contributed by atoms with Crippen LogP contribution < -0.4 is 5.32 Å². The number of amides is 1. The van der Waals surface area contributed by atoms with Crippen molar-refractivity contribution in [3.63, 3.8) is 0 Å². The van der Waals surface area contributed by atoms with E-state index in [1.54, 1.807) is 11.3 Å². The molecule has 4 nitrogen and oxygen atoms in total. The molecule has 1 N–H and O–H groups in total. The van der Waals surface area contributed by atoms with Crippen LogP contribution in [0.5, 0.6) is 0 Å². The molecule has 3 heterocycles. The molecule has 2 atom stereocenters. The summed E-state index contributed by atoms with van der Waals surface area (Å²) in [4.78, 5) is 15.8. The fourth-order valence-corrected chi connectivity index (χ4v) is 3.99. The van der Waals surface area contributed by atoms with Crippen molar-refractivity contribution >= 4 is 17.2 Å². The average Bonchev–Trinajstić information content (AvgIpc) is 3.18. The number of thiophene rings is 1. The van der Waals surface area contributed by atoms with Gasteiger partial charge in [-0.25, -0.2) is 0 Å². The van der Waals surface area contributed by atoms with Gasteiger partial charge in [-0.15, -0.1) is 11.3 Å². The highest BCUT2D eigenvalue weighted by atomic mass is 32.1. The molecule has 0 aromatic carbocycles. The highest BCUT2D eigenvalue weighted by Crippen LogP contribution is 2.33. The van der Waals surface area contributed by atoms with E-state index in [0.717, 1.165) is 26.0 Å². The van der Waals surface area contributed by atoms with Crippen molar-refractivity contribution < 1.29 is 9.53 Å². The number of rotatable bonds is 5. The van der Waals surface area contributed by atoms with Crippen LogP contribution in [0.3, 0.4) is 0 Å². The zero-order chi connectivity index (χ0) is 13.8. The molecule has 20 heavy (non-hydrogen) atoms. The van der Waals surface area contributed by atoms with E-state index in [9.17, 15) is 4.79 Å². The Morgan fingerprint density at radius 2 is 2.40 bits per heavy atom. The minimum atomic E-state index is 0.129. The summed E-state index contributed by atoms with van der Waals surface area (Å²) in [6.45, 7) is 3.04. The summed E-state index contributed by atoms with van der Waals surface area (Å²) >= 11 is 1.79. The van der Waals surface area contributed by atoms with Crippen LogP contribution in [0, 0.1) is 0 Å². The molecule has 3 rings (SSSR count). The number of carbonyl (C=O) groups excluding carboxylic acids is 1. The summed E-state index contributed by atoms with van der Waals surface area (Å²) in [6.07, 6.45) is 4.77. The summed E-state index contributed by atoms with van der Waals surface area (Å²) in [6, 6.07) is 4.70. The predicted molar refractivity (Wildman–Crippen MR) is 79.9 cm³/mol. The average molecular weight is 294 g/mol. The van der Waals surface area contributed by atoms with E-state index < -0.39 is 0 Å². The molecule has 0 unspecified atom stereocenters. The number of hydrogen-bond acceptors (Lipinski definition) is 4. The van der Waals surface area contributed by atoms with Crippen molar-refractivity contribution in [3.8, 4) is 0 Å². The van der Waals surface area contributed by atoms with Crippen molar-refractivity contribution in [2.45, 2.75) is 37.8 Å². The first-order valence-electron chi connectivity index (χ1n) is 7.48. The molecule has 5 heteroatoms. The van der Waals surface area contributed by atoms with Gasteiger partial charge in [0.2, 0.25) is 5.91 Å². The van der Waals surface area contributed by atoms with Crippen LogP contribution in [0.15, 0.2) is 17.5 Å². The molecule has 0 saturated carbocycles. The third-order valence-corrected chi connectivity index (χ3v) is 5.11. The smallest absolute Gasteiger partial charge is 0.234 e. The van der Waals surface area contributed by atoms with Gasteiger partial charge in [-0.05, 0) is 43.7 Å². The van der Waals surface area contributed by atoms with Crippen LogP contribution >= 0.6 is 11.3 Å². The largest absolute Gasteiger partial charge is 0.376 e. The number of hydrogen-bond donors (Lipinski definition) is 1. The lowest BCUT2D eigenvalue weighted by molar-refractivity contribution is -0.123. The van der Waals surface area contributed by atoms with Gasteiger partial charge in [0.05, 0.1) is 12.6 Å². The van der Waals surface area contributed by atoms with Crippen LogP contribution in [-0.4, -0.2) is 43.2 Å². The van der Waals surface area contributed by atoms with E-state index in [4.69, 9.17) is 4.74 Å². The SMILES string of the molecule is O=C(CN1CCC[C@@H]1c1cccs1)NC[C@@H]1CCCO1. The topological polar surface area (TPSA) is 41.6 Å². The van der Waals surface area contributed by atoms with Crippen LogP contribution in [0.25, 0.3) is 0 Å². The third kappa shape index (κ3) is 3.40. The van der Waals surface area contributed by atoms with Gasteiger partial charge in [-0.1, -0.05) is 6.07 Å². The van der Waals surface area contributed by atoms with Gasteiger partial charge in [0.1, 0.15) is 0 Å². The molecular weight excluding hydrogens is 272 g/mol. The Labute approximate surface area is 124 Å². The van der Waals surface area contributed by atoms with Crippen LogP contribution in [0.4, 0.5) is 0 Å². The first-order chi connectivity index (χ1) is 9.83. The Bertz CT molecular complexity index is 429. The van der Waals surface area contributed by atoms with E-state index in [-0.39, 0.29) is 12.0 Å². The zero-order valence-corrected chi connectivity index (χ0v) is 12.5. The quantitative estimate of drug-likeness (QED) is 0.905. The van der Waals surface area contributed by atoms with E-state index in [1.807, 2.05) is 0 Å². The molecule has 1 aromatic rings. The molecule has 2 saturated heterocycles. The Morgan fingerprint density at radius 1 is 1.45 bits per heavy atom. The molecule has 110 valence electrons. The minimum absolute atomic E-state index is 0.129. The lowest BCUT2D eigenvalue weighted by Gasteiger charge is -2.23. The van der Waals surface area contributed by atoms with Crippen LogP contribution in [0.2, 0.25) is 0 Å². The number of nitrogens with zero attached hydrogens (tertiary/aromatic N) is 1. The Balaban J connectivity index is 1.47. The molecular formula is C15H22N2O2S. The highest BCUT2D eigenvalue weighted by Gasteiger charge is 2.28. The maximum atomic E-state index is 12.1. The molecule has 1 aromatic heterocycles. The van der Waals surface area contributed by atoms with E-state index in [1.165, 1.54) is 17.7 Å². The molecule has 2 fully saturated rings. The molecule has 2 aliphatic rings. The first kappa shape index (κ1) is 14.0. The summed E-state index contributed by atoms with van der Waals surface area (Å²) in [5, 5.41) is 5.13. The highest BCUT2D eigenvalue weighted by molar-refractivity contribution is 7.10. The van der Waals surface area contributed by atoms with Crippen molar-refractivity contribution in [2.75, 3.05) is 26.2 Å². The van der Waals surface area contributed by atoms with Crippen molar-refractivity contribution in [1.29, 1.82) is 0 Å². The zero-order valence-electron chi connectivity index (χ0n) is 11.7. The summed E-state index contributed by atoms with van der Waals surface area (Å²) in [7, 11) is 0. The van der Waals surface area contributed by atoms with Gasteiger partial charge < -0.3 is 10.1 Å². The van der Waals surface area contributed by atoms with E-state index >= 15 is 0 Å². The Hall–Kier alpha value is -0.910. The second kappa shape index (κ2) is 6.70. The lowest BCUT2D eigenvalue weighted by atomic mass is 10.2. The molecule has 2 aliphatic heterocycles. The van der Waals surface area contributed by atoms with Gasteiger partial charge in [-0.3, -0.25) is 9.69 Å². The second-order valence-corrected chi connectivity index (χ2v) is 6.56. The summed E-state index contributed by atoms with van der Waals surface area (Å²) < 4.78 is 5.53. The fourth-order valence-electron chi connectivity index (χ4n) is 3.09. The molecule has 0 radical (unpaired) electrons. The lowest BCUT2D eigenvalue weighted by Crippen LogP contribution is -2.39. The number of nitrogens with one attached hydrogen (secondary N) is 1. The van der Waals surface area contributed by atoms with Gasteiger partial charge in [0.15, 0.2) is 0 Å². The monoisotopic (exact) mass is 294 g/mol. The maximum absolute atomic E-state index is 12.1. The van der Waals surface area contributed by atoms with Gasteiger partial charge in [0, 0.05) is 24.1 Å². The van der Waals surface area contributed by atoms with E-state index in [0.29, 0.717) is 19.1 Å². The summed E-state index contributed by atoms with van der Waals surface area (Å²) in [5.74, 6) is 0.129. The Morgan fingerprint density at radius 3 is 3.15 bits per heavy atom. The molecule has 1 amide bonds. The van der Waals surface area contributed by atoms with Crippen molar-refractivity contribution in [1.82, 2.24) is 10.2 Å². The maximum Gasteiger partial charge on any atom is 0.234 e. The molecule has 0 spiro atoms.